The van der Waals surface area contributed by atoms with Gasteiger partial charge in [-0.3, -0.25) is 0 Å². The molecule has 1 aliphatic rings. The van der Waals surface area contributed by atoms with Crippen molar-refractivity contribution in [3.8, 4) is 0 Å². The van der Waals surface area contributed by atoms with Crippen LogP contribution in [0.1, 0.15) is 62.8 Å². The van der Waals surface area contributed by atoms with Crippen molar-refractivity contribution < 1.29 is 19.1 Å². The van der Waals surface area contributed by atoms with E-state index in [1.54, 1.807) is 16.5 Å². The summed E-state index contributed by atoms with van der Waals surface area (Å²) in [4.78, 5) is 25.6. The van der Waals surface area contributed by atoms with Crippen molar-refractivity contribution in [2.45, 2.75) is 59.1 Å². The van der Waals surface area contributed by atoms with Crippen LogP contribution < -0.4 is 0 Å². The Labute approximate surface area is 142 Å². The van der Waals surface area contributed by atoms with Crippen LogP contribution >= 0.6 is 0 Å². The molecule has 1 saturated heterocycles. The van der Waals surface area contributed by atoms with E-state index in [2.05, 4.69) is 10.3 Å². The fraction of sp³-hybridized carbons (Fsp3) is 0.750. The Bertz CT molecular complexity index is 598. The molecular formula is C16H26N4O4. The second kappa shape index (κ2) is 7.19. The van der Waals surface area contributed by atoms with Gasteiger partial charge in [0.05, 0.1) is 18.3 Å². The van der Waals surface area contributed by atoms with Crippen LogP contribution in [0.4, 0.5) is 4.79 Å². The summed E-state index contributed by atoms with van der Waals surface area (Å²) < 4.78 is 12.1. The van der Waals surface area contributed by atoms with Crippen molar-refractivity contribution in [2.24, 2.45) is 0 Å². The fourth-order valence-electron chi connectivity index (χ4n) is 2.70. The number of aromatic nitrogens is 3. The highest BCUT2D eigenvalue weighted by Crippen LogP contribution is 2.25. The van der Waals surface area contributed by atoms with Gasteiger partial charge >= 0.3 is 12.1 Å². The molecule has 0 aliphatic carbocycles. The molecule has 0 N–H and O–H groups in total. The molecule has 0 atom stereocenters. The molecule has 0 bridgehead atoms. The second-order valence-electron chi connectivity index (χ2n) is 6.89. The first kappa shape index (κ1) is 18.2. The minimum Gasteiger partial charge on any atom is -0.461 e. The summed E-state index contributed by atoms with van der Waals surface area (Å²) in [5.74, 6) is -0.451. The van der Waals surface area contributed by atoms with Crippen LogP contribution in [0.25, 0.3) is 0 Å². The highest BCUT2D eigenvalue weighted by Gasteiger charge is 2.29. The van der Waals surface area contributed by atoms with Crippen molar-refractivity contribution in [2.75, 3.05) is 19.7 Å². The summed E-state index contributed by atoms with van der Waals surface area (Å²) in [6.07, 6.45) is 1.20. The lowest BCUT2D eigenvalue weighted by atomic mass is 10.1. The third-order valence-electron chi connectivity index (χ3n) is 3.86. The van der Waals surface area contributed by atoms with E-state index < -0.39 is 11.6 Å². The smallest absolute Gasteiger partial charge is 0.410 e. The number of amides is 1. The van der Waals surface area contributed by atoms with E-state index in [1.807, 2.05) is 27.7 Å². The van der Waals surface area contributed by atoms with E-state index in [1.165, 1.54) is 0 Å². The van der Waals surface area contributed by atoms with E-state index in [-0.39, 0.29) is 17.8 Å². The van der Waals surface area contributed by atoms with Crippen LogP contribution in [-0.2, 0) is 9.47 Å². The van der Waals surface area contributed by atoms with Crippen molar-refractivity contribution in [1.29, 1.82) is 0 Å². The standard InChI is InChI=1S/C16H26N4O4/c1-6-23-14(21)13-11(2)20(18-17-13)12-7-9-19(10-8-12)15(22)24-16(3,4)5/h12H,6-10H2,1-5H3. The molecule has 24 heavy (non-hydrogen) atoms. The van der Waals surface area contributed by atoms with Gasteiger partial charge in [-0.1, -0.05) is 5.21 Å². The normalized spacial score (nSPS) is 16.1. The van der Waals surface area contributed by atoms with Crippen LogP contribution in [0, 0.1) is 6.92 Å². The summed E-state index contributed by atoms with van der Waals surface area (Å²) in [6.45, 7) is 10.6. The molecule has 1 aromatic rings. The zero-order valence-electron chi connectivity index (χ0n) is 15.0. The van der Waals surface area contributed by atoms with Crippen LogP contribution in [0.2, 0.25) is 0 Å². The highest BCUT2D eigenvalue weighted by molar-refractivity contribution is 5.88. The first-order chi connectivity index (χ1) is 11.2. The molecule has 1 fully saturated rings. The Morgan fingerprint density at radius 1 is 1.25 bits per heavy atom. The monoisotopic (exact) mass is 338 g/mol. The fourth-order valence-corrected chi connectivity index (χ4v) is 2.70. The largest absolute Gasteiger partial charge is 0.461 e. The van der Waals surface area contributed by atoms with Gasteiger partial charge in [0, 0.05) is 13.1 Å². The van der Waals surface area contributed by atoms with Gasteiger partial charge in [-0.15, -0.1) is 5.10 Å². The maximum atomic E-state index is 12.1. The Morgan fingerprint density at radius 2 is 1.88 bits per heavy atom. The zero-order chi connectivity index (χ0) is 17.9. The zero-order valence-corrected chi connectivity index (χ0v) is 15.0. The predicted molar refractivity (Wildman–Crippen MR) is 86.8 cm³/mol. The number of hydrogen-bond acceptors (Lipinski definition) is 6. The Hall–Kier alpha value is -2.12. The van der Waals surface area contributed by atoms with Crippen molar-refractivity contribution in [1.82, 2.24) is 19.9 Å². The molecule has 1 aliphatic heterocycles. The number of piperidine rings is 1. The van der Waals surface area contributed by atoms with Gasteiger partial charge in [0.2, 0.25) is 0 Å². The average Bonchev–Trinajstić information content (AvgIpc) is 2.87. The number of rotatable bonds is 3. The summed E-state index contributed by atoms with van der Waals surface area (Å²) in [5, 5.41) is 8.05. The molecule has 134 valence electrons. The Balaban J connectivity index is 1.98. The van der Waals surface area contributed by atoms with Gasteiger partial charge in [-0.25, -0.2) is 14.3 Å². The van der Waals surface area contributed by atoms with E-state index in [9.17, 15) is 9.59 Å². The van der Waals surface area contributed by atoms with Gasteiger partial charge < -0.3 is 14.4 Å². The SMILES string of the molecule is CCOC(=O)c1nnn(C2CCN(C(=O)OC(C)(C)C)CC2)c1C. The average molecular weight is 338 g/mol. The number of likely N-dealkylation sites (tertiary alicyclic amines) is 1. The summed E-state index contributed by atoms with van der Waals surface area (Å²) >= 11 is 0. The van der Waals surface area contributed by atoms with Gasteiger partial charge in [0.25, 0.3) is 0 Å². The van der Waals surface area contributed by atoms with Gasteiger partial charge in [-0.2, -0.15) is 0 Å². The molecule has 8 heteroatoms. The maximum Gasteiger partial charge on any atom is 0.410 e. The lowest BCUT2D eigenvalue weighted by Crippen LogP contribution is -2.42. The molecular weight excluding hydrogens is 312 g/mol. The van der Waals surface area contributed by atoms with Gasteiger partial charge in [0.15, 0.2) is 5.69 Å². The van der Waals surface area contributed by atoms with E-state index in [0.29, 0.717) is 25.4 Å². The summed E-state index contributed by atoms with van der Waals surface area (Å²) in [5.41, 5.74) is 0.459. The minimum atomic E-state index is -0.495. The van der Waals surface area contributed by atoms with E-state index >= 15 is 0 Å². The van der Waals surface area contributed by atoms with Crippen LogP contribution in [0.5, 0.6) is 0 Å². The van der Waals surface area contributed by atoms with Crippen molar-refractivity contribution in [3.63, 3.8) is 0 Å². The van der Waals surface area contributed by atoms with Crippen molar-refractivity contribution in [3.05, 3.63) is 11.4 Å². The number of nitrogens with zero attached hydrogens (tertiary/aromatic N) is 4. The number of carbonyl (C=O) groups excluding carboxylic acids is 2. The van der Waals surface area contributed by atoms with Crippen molar-refractivity contribution >= 4 is 12.1 Å². The van der Waals surface area contributed by atoms with Gasteiger partial charge in [-0.05, 0) is 47.5 Å². The van der Waals surface area contributed by atoms with Crippen LogP contribution in [0.3, 0.4) is 0 Å². The molecule has 1 aromatic heterocycles. The minimum absolute atomic E-state index is 0.111. The number of hydrogen-bond donors (Lipinski definition) is 0. The Kier molecular flexibility index (Phi) is 5.46. The third-order valence-corrected chi connectivity index (χ3v) is 3.86. The van der Waals surface area contributed by atoms with Crippen LogP contribution in [-0.4, -0.2) is 57.3 Å². The maximum absolute atomic E-state index is 12.1. The quantitative estimate of drug-likeness (QED) is 0.786. The lowest BCUT2D eigenvalue weighted by Gasteiger charge is -2.33. The highest BCUT2D eigenvalue weighted by atomic mass is 16.6. The molecule has 8 nitrogen and oxygen atoms in total. The molecule has 1 amide bonds. The topological polar surface area (TPSA) is 86.5 Å². The van der Waals surface area contributed by atoms with Gasteiger partial charge in [0.1, 0.15) is 5.60 Å². The first-order valence-electron chi connectivity index (χ1n) is 8.29. The molecule has 2 heterocycles. The number of carbonyl (C=O) groups is 2. The molecule has 0 saturated carbocycles. The summed E-state index contributed by atoms with van der Waals surface area (Å²) in [6, 6.07) is 0.111. The Morgan fingerprint density at radius 3 is 2.42 bits per heavy atom. The second-order valence-corrected chi connectivity index (χ2v) is 6.89. The van der Waals surface area contributed by atoms with E-state index in [0.717, 1.165) is 12.8 Å². The number of esters is 1. The molecule has 2 rings (SSSR count). The molecule has 0 spiro atoms. The number of ether oxygens (including phenoxy) is 2. The molecule has 0 radical (unpaired) electrons. The first-order valence-corrected chi connectivity index (χ1v) is 8.29. The predicted octanol–water partition coefficient (Wildman–Crippen LogP) is 2.34. The summed E-state index contributed by atoms with van der Waals surface area (Å²) in [7, 11) is 0. The molecule has 0 aromatic carbocycles. The molecule has 0 unspecified atom stereocenters. The van der Waals surface area contributed by atoms with E-state index in [4.69, 9.17) is 9.47 Å². The third kappa shape index (κ3) is 4.24. The lowest BCUT2D eigenvalue weighted by molar-refractivity contribution is 0.0183. The van der Waals surface area contributed by atoms with Crippen LogP contribution in [0.15, 0.2) is 0 Å².